The van der Waals surface area contributed by atoms with Gasteiger partial charge in [0.05, 0.1) is 28.8 Å². The van der Waals surface area contributed by atoms with Crippen LogP contribution in [0.15, 0.2) is 77.9 Å². The fourth-order valence-corrected chi connectivity index (χ4v) is 4.78. The van der Waals surface area contributed by atoms with Crippen molar-refractivity contribution in [1.82, 2.24) is 20.3 Å². The second-order valence-electron chi connectivity index (χ2n) is 9.81. The van der Waals surface area contributed by atoms with Gasteiger partial charge in [0.1, 0.15) is 28.7 Å². The number of aromatic amines is 1. The largest absolute Gasteiger partial charge is 0.455 e. The molecular formula is C33H29F2N5O2. The van der Waals surface area contributed by atoms with Crippen molar-refractivity contribution in [3.05, 3.63) is 96.3 Å². The summed E-state index contributed by atoms with van der Waals surface area (Å²) in [5.74, 6) is -0.358. The second-order valence-corrected chi connectivity index (χ2v) is 9.81. The first-order chi connectivity index (χ1) is 20.3. The van der Waals surface area contributed by atoms with E-state index in [-0.39, 0.29) is 11.6 Å². The van der Waals surface area contributed by atoms with Crippen LogP contribution in [0.25, 0.3) is 61.9 Å². The van der Waals surface area contributed by atoms with E-state index in [1.54, 1.807) is 42.6 Å². The van der Waals surface area contributed by atoms with Gasteiger partial charge in [0.2, 0.25) is 0 Å². The lowest BCUT2D eigenvalue weighted by molar-refractivity contribution is 0.112. The molecule has 0 spiro atoms. The number of fused-ring (bicyclic) bond motifs is 2. The molecule has 212 valence electrons. The van der Waals surface area contributed by atoms with Gasteiger partial charge in [-0.2, -0.15) is 0 Å². The molecule has 2 N–H and O–H groups in total. The van der Waals surface area contributed by atoms with E-state index in [0.717, 1.165) is 12.0 Å². The topological polar surface area (TPSA) is 87.1 Å². The summed E-state index contributed by atoms with van der Waals surface area (Å²) in [6.45, 7) is 3.86. The van der Waals surface area contributed by atoms with Gasteiger partial charge in [0.25, 0.3) is 0 Å². The summed E-state index contributed by atoms with van der Waals surface area (Å²) < 4.78 is 34.0. The predicted molar refractivity (Wildman–Crippen MR) is 165 cm³/mol. The number of carbonyl (C=O) groups excluding carboxylic acids is 1. The Labute approximate surface area is 241 Å². The molecule has 7 nitrogen and oxygen atoms in total. The number of nitrogens with zero attached hydrogens (tertiary/aromatic N) is 3. The lowest BCUT2D eigenvalue weighted by atomic mass is 10.0. The SMILES string of the molecule is C=Cc1ncc(-c2cc3c(C=O)c(-c4ccc(F)cc4)oc3cc2N(C)C)nc1-c1cc2c(F)cccc2[nH]1.CNC. The molecule has 0 unspecified atom stereocenters. The minimum Gasteiger partial charge on any atom is -0.455 e. The van der Waals surface area contributed by atoms with Crippen LogP contribution in [-0.4, -0.2) is 49.4 Å². The second kappa shape index (κ2) is 11.8. The molecule has 9 heteroatoms. The van der Waals surface area contributed by atoms with E-state index < -0.39 is 0 Å². The molecule has 3 heterocycles. The zero-order chi connectivity index (χ0) is 30.0. The van der Waals surface area contributed by atoms with Crippen molar-refractivity contribution in [2.75, 3.05) is 33.1 Å². The van der Waals surface area contributed by atoms with Crippen molar-refractivity contribution in [1.29, 1.82) is 0 Å². The number of halogens is 2. The third-order valence-corrected chi connectivity index (χ3v) is 6.69. The summed E-state index contributed by atoms with van der Waals surface area (Å²) >= 11 is 0. The van der Waals surface area contributed by atoms with Gasteiger partial charge in [0, 0.05) is 53.3 Å². The number of nitrogens with one attached hydrogen (secondary N) is 2. The lowest BCUT2D eigenvalue weighted by Gasteiger charge is -2.18. The van der Waals surface area contributed by atoms with E-state index in [1.165, 1.54) is 18.2 Å². The highest BCUT2D eigenvalue weighted by molar-refractivity contribution is 6.06. The molecule has 6 rings (SSSR count). The Morgan fingerprint density at radius 3 is 2.40 bits per heavy atom. The number of aldehydes is 1. The summed E-state index contributed by atoms with van der Waals surface area (Å²) in [4.78, 5) is 26.9. The minimum absolute atomic E-state index is 0.335. The molecule has 0 aliphatic heterocycles. The van der Waals surface area contributed by atoms with Gasteiger partial charge in [-0.05, 0) is 68.7 Å². The molecule has 0 saturated heterocycles. The minimum atomic E-state index is -0.380. The average molecular weight is 566 g/mol. The molecule has 0 aliphatic carbocycles. The summed E-state index contributed by atoms with van der Waals surface area (Å²) in [6.07, 6.45) is 3.97. The van der Waals surface area contributed by atoms with Gasteiger partial charge in [0.15, 0.2) is 6.29 Å². The average Bonchev–Trinajstić information content (AvgIpc) is 3.59. The molecule has 0 amide bonds. The van der Waals surface area contributed by atoms with E-state index in [1.807, 2.05) is 45.2 Å². The lowest BCUT2D eigenvalue weighted by Crippen LogP contribution is -2.10. The first-order valence-electron chi connectivity index (χ1n) is 13.1. The van der Waals surface area contributed by atoms with Crippen molar-refractivity contribution in [3.63, 3.8) is 0 Å². The first kappa shape index (κ1) is 28.4. The Kier molecular flexibility index (Phi) is 7.95. The van der Waals surface area contributed by atoms with Crippen LogP contribution in [-0.2, 0) is 0 Å². The number of hydrogen-bond donors (Lipinski definition) is 2. The summed E-state index contributed by atoms with van der Waals surface area (Å²) in [7, 11) is 7.53. The van der Waals surface area contributed by atoms with Crippen LogP contribution in [0.5, 0.6) is 0 Å². The maximum Gasteiger partial charge on any atom is 0.154 e. The van der Waals surface area contributed by atoms with Crippen LogP contribution >= 0.6 is 0 Å². The normalized spacial score (nSPS) is 10.9. The molecule has 0 saturated carbocycles. The highest BCUT2D eigenvalue weighted by atomic mass is 19.1. The molecule has 3 aromatic heterocycles. The number of furan rings is 1. The maximum absolute atomic E-state index is 14.4. The number of hydrogen-bond acceptors (Lipinski definition) is 6. The number of rotatable bonds is 6. The number of H-pyrrole nitrogens is 1. The van der Waals surface area contributed by atoms with E-state index in [0.29, 0.717) is 67.1 Å². The Hall–Kier alpha value is -5.15. The van der Waals surface area contributed by atoms with E-state index in [2.05, 4.69) is 21.9 Å². The Morgan fingerprint density at radius 1 is 1.02 bits per heavy atom. The number of aromatic nitrogens is 3. The molecule has 0 fully saturated rings. The Bertz CT molecular complexity index is 1920. The molecular weight excluding hydrogens is 536 g/mol. The van der Waals surface area contributed by atoms with Crippen LogP contribution in [0.2, 0.25) is 0 Å². The van der Waals surface area contributed by atoms with Crippen LogP contribution in [0.1, 0.15) is 16.1 Å². The number of carbonyl (C=O) groups is 1. The number of anilines is 1. The van der Waals surface area contributed by atoms with Crippen LogP contribution in [0.4, 0.5) is 14.5 Å². The van der Waals surface area contributed by atoms with Crippen LogP contribution < -0.4 is 10.2 Å². The van der Waals surface area contributed by atoms with Crippen molar-refractivity contribution >= 4 is 39.9 Å². The fraction of sp³-hybridized carbons (Fsp3) is 0.121. The van der Waals surface area contributed by atoms with E-state index in [4.69, 9.17) is 9.40 Å². The van der Waals surface area contributed by atoms with E-state index in [9.17, 15) is 13.6 Å². The van der Waals surface area contributed by atoms with Crippen molar-refractivity contribution < 1.29 is 18.0 Å². The van der Waals surface area contributed by atoms with Crippen molar-refractivity contribution in [2.45, 2.75) is 0 Å². The van der Waals surface area contributed by atoms with Gasteiger partial charge in [-0.1, -0.05) is 12.6 Å². The first-order valence-corrected chi connectivity index (χ1v) is 13.1. The maximum atomic E-state index is 14.4. The monoisotopic (exact) mass is 565 g/mol. The molecule has 3 aromatic carbocycles. The Morgan fingerprint density at radius 2 is 1.76 bits per heavy atom. The number of benzene rings is 3. The summed E-state index contributed by atoms with van der Waals surface area (Å²) in [5.41, 5.74) is 5.78. The Balaban J connectivity index is 0.00000113. The third-order valence-electron chi connectivity index (χ3n) is 6.69. The zero-order valence-corrected chi connectivity index (χ0v) is 23.6. The fourth-order valence-electron chi connectivity index (χ4n) is 4.78. The quantitative estimate of drug-likeness (QED) is 0.206. The zero-order valence-electron chi connectivity index (χ0n) is 23.6. The highest BCUT2D eigenvalue weighted by Crippen LogP contribution is 2.40. The standard InChI is InChI=1S/C31H22F2N4O2.C2H7N/c1-4-24-30(26-13-20-23(33)6-5-7-25(20)35-26)36-27(15-34-24)21-12-19-22(16-38)31(17-8-10-18(32)11-9-17)39-29(19)14-28(21)37(2)3;1-3-2/h4-16,35H,1H2,2-3H3;3H,1-2H3. The molecule has 0 aliphatic rings. The molecule has 0 atom stereocenters. The summed E-state index contributed by atoms with van der Waals surface area (Å²) in [5, 5.41) is 3.79. The highest BCUT2D eigenvalue weighted by Gasteiger charge is 2.21. The molecule has 42 heavy (non-hydrogen) atoms. The van der Waals surface area contributed by atoms with Gasteiger partial charge >= 0.3 is 0 Å². The molecule has 0 radical (unpaired) electrons. The van der Waals surface area contributed by atoms with E-state index >= 15 is 0 Å². The predicted octanol–water partition coefficient (Wildman–Crippen LogP) is 7.34. The van der Waals surface area contributed by atoms with Gasteiger partial charge in [-0.25, -0.2) is 13.8 Å². The van der Waals surface area contributed by atoms with Gasteiger partial charge in [-0.3, -0.25) is 9.78 Å². The molecule has 6 aromatic rings. The van der Waals surface area contributed by atoms with Crippen LogP contribution in [0, 0.1) is 11.6 Å². The van der Waals surface area contributed by atoms with Crippen molar-refractivity contribution in [3.8, 4) is 34.0 Å². The van der Waals surface area contributed by atoms with Gasteiger partial charge in [-0.15, -0.1) is 0 Å². The van der Waals surface area contributed by atoms with Crippen LogP contribution in [0.3, 0.4) is 0 Å². The van der Waals surface area contributed by atoms with Gasteiger partial charge < -0.3 is 19.6 Å². The van der Waals surface area contributed by atoms with Crippen molar-refractivity contribution in [2.24, 2.45) is 0 Å². The smallest absolute Gasteiger partial charge is 0.154 e. The third kappa shape index (κ3) is 5.17. The molecule has 0 bridgehead atoms. The summed E-state index contributed by atoms with van der Waals surface area (Å²) in [6, 6.07) is 16.0.